The van der Waals surface area contributed by atoms with E-state index in [9.17, 15) is 4.79 Å². The molecule has 4 nitrogen and oxygen atoms in total. The van der Waals surface area contributed by atoms with Crippen LogP contribution < -0.4 is 10.1 Å². The summed E-state index contributed by atoms with van der Waals surface area (Å²) < 4.78 is 6.33. The number of carbonyl (C=O) groups excluding carboxylic acids is 1. The van der Waals surface area contributed by atoms with Crippen LogP contribution in [0.25, 0.3) is 11.1 Å². The molecule has 2 bridgehead atoms. The molecule has 4 heteroatoms. The highest BCUT2D eigenvalue weighted by Gasteiger charge is 2.39. The van der Waals surface area contributed by atoms with Crippen molar-refractivity contribution in [1.29, 1.82) is 0 Å². The number of nitrogens with zero attached hydrogens (tertiary/aromatic N) is 1. The van der Waals surface area contributed by atoms with Gasteiger partial charge in [-0.1, -0.05) is 54.6 Å². The minimum absolute atomic E-state index is 0.0668. The Morgan fingerprint density at radius 2 is 1.59 bits per heavy atom. The van der Waals surface area contributed by atoms with Crippen molar-refractivity contribution < 1.29 is 9.53 Å². The van der Waals surface area contributed by atoms with Crippen LogP contribution in [0, 0.1) is 0 Å². The van der Waals surface area contributed by atoms with Crippen molar-refractivity contribution in [3.05, 3.63) is 90.0 Å². The molecule has 0 aromatic heterocycles. The van der Waals surface area contributed by atoms with E-state index in [4.69, 9.17) is 4.74 Å². The van der Waals surface area contributed by atoms with Crippen LogP contribution in [0.2, 0.25) is 0 Å². The van der Waals surface area contributed by atoms with E-state index in [-0.39, 0.29) is 12.0 Å². The van der Waals surface area contributed by atoms with Gasteiger partial charge >= 0.3 is 0 Å². The normalized spacial score (nSPS) is 22.5. The summed E-state index contributed by atoms with van der Waals surface area (Å²) in [6.45, 7) is 0.481. The van der Waals surface area contributed by atoms with E-state index in [0.717, 1.165) is 35.3 Å². The summed E-state index contributed by atoms with van der Waals surface area (Å²) in [5.41, 5.74) is 3.97. The Balaban J connectivity index is 1.17. The lowest BCUT2D eigenvalue weighted by molar-refractivity contribution is 0.0661. The van der Waals surface area contributed by atoms with E-state index in [1.165, 1.54) is 12.8 Å². The third kappa shape index (κ3) is 4.56. The Morgan fingerprint density at radius 3 is 2.31 bits per heavy atom. The zero-order valence-corrected chi connectivity index (χ0v) is 18.5. The number of benzene rings is 3. The van der Waals surface area contributed by atoms with Crippen LogP contribution in [0.4, 0.5) is 0 Å². The molecular formula is C28H30N2O2. The second-order valence-electron chi connectivity index (χ2n) is 9.04. The summed E-state index contributed by atoms with van der Waals surface area (Å²) in [5, 5.41) is 3.03. The molecule has 2 fully saturated rings. The number of piperidine rings is 1. The first-order chi connectivity index (χ1) is 15.7. The molecule has 1 amide bonds. The van der Waals surface area contributed by atoms with E-state index >= 15 is 0 Å². The summed E-state index contributed by atoms with van der Waals surface area (Å²) >= 11 is 0. The average Bonchev–Trinajstić information content (AvgIpc) is 3.04. The smallest absolute Gasteiger partial charge is 0.251 e. The number of rotatable bonds is 6. The Bertz CT molecular complexity index is 1050. The van der Waals surface area contributed by atoms with E-state index in [1.54, 1.807) is 0 Å². The molecule has 164 valence electrons. The van der Waals surface area contributed by atoms with E-state index in [1.807, 2.05) is 60.7 Å². The summed E-state index contributed by atoms with van der Waals surface area (Å²) in [5.74, 6) is 0.834. The lowest BCUT2D eigenvalue weighted by Gasteiger charge is -2.36. The highest BCUT2D eigenvalue weighted by Crippen LogP contribution is 2.36. The predicted molar refractivity (Wildman–Crippen MR) is 128 cm³/mol. The standard InChI is InChI=1S/C28H30N2O2/c1-30-24-14-15-25(30)18-27(17-24)32-26-9-5-6-20(16-26)19-29-28(31)23-12-10-22(11-13-23)21-7-3-2-4-8-21/h2-13,16,24-25,27H,14-15,17-19H2,1H3,(H,29,31)/t24-,25+,27+. The Kier molecular flexibility index (Phi) is 5.95. The fourth-order valence-electron chi connectivity index (χ4n) is 5.11. The molecule has 2 aliphatic heterocycles. The fourth-order valence-corrected chi connectivity index (χ4v) is 5.11. The maximum atomic E-state index is 12.6. The highest BCUT2D eigenvalue weighted by molar-refractivity contribution is 5.94. The number of nitrogens with one attached hydrogen (secondary N) is 1. The lowest BCUT2D eigenvalue weighted by Crippen LogP contribution is -2.43. The largest absolute Gasteiger partial charge is 0.490 e. The lowest BCUT2D eigenvalue weighted by atomic mass is 10.0. The van der Waals surface area contributed by atoms with E-state index in [0.29, 0.717) is 24.2 Å². The average molecular weight is 427 g/mol. The molecule has 0 saturated carbocycles. The summed E-state index contributed by atoms with van der Waals surface area (Å²) in [6.07, 6.45) is 5.08. The predicted octanol–water partition coefficient (Wildman–Crippen LogP) is 5.29. The minimum Gasteiger partial charge on any atom is -0.490 e. The van der Waals surface area contributed by atoms with Crippen molar-refractivity contribution in [3.63, 3.8) is 0 Å². The van der Waals surface area contributed by atoms with Gasteiger partial charge in [-0.25, -0.2) is 0 Å². The molecule has 0 spiro atoms. The molecule has 2 heterocycles. The number of hydrogen-bond acceptors (Lipinski definition) is 3. The van der Waals surface area contributed by atoms with Crippen LogP contribution >= 0.6 is 0 Å². The van der Waals surface area contributed by atoms with Crippen LogP contribution in [0.1, 0.15) is 41.6 Å². The van der Waals surface area contributed by atoms with Gasteiger partial charge in [0.05, 0.1) is 0 Å². The van der Waals surface area contributed by atoms with Gasteiger partial charge in [0.25, 0.3) is 5.91 Å². The molecular weight excluding hydrogens is 396 g/mol. The van der Waals surface area contributed by atoms with Gasteiger partial charge in [-0.2, -0.15) is 0 Å². The summed E-state index contributed by atoms with van der Waals surface area (Å²) in [7, 11) is 2.25. The van der Waals surface area contributed by atoms with Gasteiger partial charge in [-0.15, -0.1) is 0 Å². The van der Waals surface area contributed by atoms with Crippen LogP contribution in [-0.4, -0.2) is 36.0 Å². The maximum absolute atomic E-state index is 12.6. The number of fused-ring (bicyclic) bond motifs is 2. The zero-order chi connectivity index (χ0) is 21.9. The van der Waals surface area contributed by atoms with Crippen molar-refractivity contribution >= 4 is 5.91 Å². The third-order valence-electron chi connectivity index (χ3n) is 6.96. The van der Waals surface area contributed by atoms with E-state index in [2.05, 4.69) is 35.5 Å². The molecule has 3 atom stereocenters. The fraction of sp³-hybridized carbons (Fsp3) is 0.321. The van der Waals surface area contributed by atoms with Crippen molar-refractivity contribution in [1.82, 2.24) is 10.2 Å². The molecule has 2 saturated heterocycles. The molecule has 0 unspecified atom stereocenters. The second-order valence-corrected chi connectivity index (χ2v) is 9.04. The van der Waals surface area contributed by atoms with Crippen LogP contribution in [0.3, 0.4) is 0 Å². The van der Waals surface area contributed by atoms with Gasteiger partial charge in [0, 0.05) is 24.2 Å². The topological polar surface area (TPSA) is 41.6 Å². The van der Waals surface area contributed by atoms with Gasteiger partial charge < -0.3 is 15.0 Å². The second kappa shape index (κ2) is 9.17. The summed E-state index contributed by atoms with van der Waals surface area (Å²) in [4.78, 5) is 15.2. The molecule has 3 aromatic carbocycles. The first kappa shape index (κ1) is 20.8. The SMILES string of the molecule is CN1[C@@H]2CC[C@H]1C[C@@H](Oc1cccc(CNC(=O)c3ccc(-c4ccccc4)cc3)c1)C2. The van der Waals surface area contributed by atoms with E-state index < -0.39 is 0 Å². The van der Waals surface area contributed by atoms with Gasteiger partial charge in [-0.05, 0) is 73.7 Å². The summed E-state index contributed by atoms with van der Waals surface area (Å²) in [6, 6.07) is 27.4. The van der Waals surface area contributed by atoms with Gasteiger partial charge in [-0.3, -0.25) is 4.79 Å². The van der Waals surface area contributed by atoms with Crippen LogP contribution in [-0.2, 0) is 6.54 Å². The Labute approximate surface area is 190 Å². The first-order valence-electron chi connectivity index (χ1n) is 11.6. The minimum atomic E-state index is -0.0668. The molecule has 0 aliphatic carbocycles. The number of amides is 1. The van der Waals surface area contributed by atoms with Crippen molar-refractivity contribution in [3.8, 4) is 16.9 Å². The molecule has 1 N–H and O–H groups in total. The van der Waals surface area contributed by atoms with Gasteiger partial charge in [0.15, 0.2) is 0 Å². The zero-order valence-electron chi connectivity index (χ0n) is 18.5. The van der Waals surface area contributed by atoms with Crippen molar-refractivity contribution in [2.24, 2.45) is 0 Å². The third-order valence-corrected chi connectivity index (χ3v) is 6.96. The van der Waals surface area contributed by atoms with Crippen LogP contribution in [0.15, 0.2) is 78.9 Å². The van der Waals surface area contributed by atoms with Gasteiger partial charge in [0.2, 0.25) is 0 Å². The molecule has 5 rings (SSSR count). The quantitative estimate of drug-likeness (QED) is 0.582. The number of hydrogen-bond donors (Lipinski definition) is 1. The monoisotopic (exact) mass is 426 g/mol. The number of ether oxygens (including phenoxy) is 1. The van der Waals surface area contributed by atoms with Crippen molar-refractivity contribution in [2.75, 3.05) is 7.05 Å². The van der Waals surface area contributed by atoms with Crippen LogP contribution in [0.5, 0.6) is 5.75 Å². The van der Waals surface area contributed by atoms with Crippen molar-refractivity contribution in [2.45, 2.75) is 50.4 Å². The molecule has 3 aromatic rings. The maximum Gasteiger partial charge on any atom is 0.251 e. The Morgan fingerprint density at radius 1 is 0.906 bits per heavy atom. The van der Waals surface area contributed by atoms with Gasteiger partial charge in [0.1, 0.15) is 11.9 Å². The highest BCUT2D eigenvalue weighted by atomic mass is 16.5. The molecule has 2 aliphatic rings. The molecule has 0 radical (unpaired) electrons. The molecule has 32 heavy (non-hydrogen) atoms. The Hall–Kier alpha value is -3.11. The first-order valence-corrected chi connectivity index (χ1v) is 11.6. The number of carbonyl (C=O) groups is 1.